The Bertz CT molecular complexity index is 745. The van der Waals surface area contributed by atoms with Gasteiger partial charge in [-0.05, 0) is 41.5 Å². The highest BCUT2D eigenvalue weighted by Gasteiger charge is 2.17. The zero-order valence-corrected chi connectivity index (χ0v) is 15.0. The van der Waals surface area contributed by atoms with Crippen LogP contribution < -0.4 is 9.47 Å². The summed E-state index contributed by atoms with van der Waals surface area (Å²) in [6.07, 6.45) is 3.92. The summed E-state index contributed by atoms with van der Waals surface area (Å²) >= 11 is 6.11. The number of halogens is 3. The van der Waals surface area contributed by atoms with E-state index >= 15 is 0 Å². The predicted octanol–water partition coefficient (Wildman–Crippen LogP) is 4.90. The third kappa shape index (κ3) is 3.60. The fourth-order valence-electron chi connectivity index (χ4n) is 2.68. The largest absolute Gasteiger partial charge is 0.493 e. The van der Waals surface area contributed by atoms with E-state index < -0.39 is 0 Å². The number of rotatable bonds is 4. The first-order chi connectivity index (χ1) is 11.1. The molecule has 0 unspecified atom stereocenters. The monoisotopic (exact) mass is 369 g/mol. The van der Waals surface area contributed by atoms with Crippen LogP contribution >= 0.6 is 24.0 Å². The van der Waals surface area contributed by atoms with Gasteiger partial charge < -0.3 is 14.4 Å². The molecule has 0 fully saturated rings. The molecule has 2 aromatic rings. The van der Waals surface area contributed by atoms with Crippen LogP contribution in [0.4, 0.5) is 4.39 Å². The summed E-state index contributed by atoms with van der Waals surface area (Å²) in [6.45, 7) is 1.06. The van der Waals surface area contributed by atoms with Crippen molar-refractivity contribution in [2.24, 2.45) is 0 Å². The van der Waals surface area contributed by atoms with Gasteiger partial charge in [-0.3, -0.25) is 0 Å². The summed E-state index contributed by atoms with van der Waals surface area (Å²) in [5.41, 5.74) is 2.67. The second kappa shape index (κ2) is 7.77. The quantitative estimate of drug-likeness (QED) is 0.764. The van der Waals surface area contributed by atoms with E-state index in [2.05, 4.69) is 0 Å². The van der Waals surface area contributed by atoms with Crippen molar-refractivity contribution >= 4 is 30.1 Å². The van der Waals surface area contributed by atoms with Crippen LogP contribution in [0.3, 0.4) is 0 Å². The van der Waals surface area contributed by atoms with E-state index in [1.165, 1.54) is 6.07 Å². The van der Waals surface area contributed by atoms with Crippen molar-refractivity contribution in [2.75, 3.05) is 14.2 Å². The second-order valence-corrected chi connectivity index (χ2v) is 5.73. The summed E-state index contributed by atoms with van der Waals surface area (Å²) in [5, 5.41) is 0.441. The number of hydrogen-bond donors (Lipinski definition) is 0. The standard InChI is InChI=1S/C18H17ClFNO2.ClH/c1-22-17-8-12-6-7-21(10-13(12)9-18(17)23-2)11-14-15(19)4-3-5-16(14)20;/h3-9H,10-11H2,1-2H3;1H. The number of hydrogen-bond acceptors (Lipinski definition) is 3. The van der Waals surface area contributed by atoms with Crippen LogP contribution in [0.15, 0.2) is 36.5 Å². The first-order valence-corrected chi connectivity index (χ1v) is 7.60. The second-order valence-electron chi connectivity index (χ2n) is 5.33. The normalized spacial score (nSPS) is 12.4. The molecular weight excluding hydrogens is 352 g/mol. The van der Waals surface area contributed by atoms with Gasteiger partial charge in [-0.15, -0.1) is 12.4 Å². The molecule has 0 aromatic heterocycles. The minimum atomic E-state index is -0.288. The lowest BCUT2D eigenvalue weighted by Gasteiger charge is -2.26. The zero-order valence-electron chi connectivity index (χ0n) is 13.4. The fourth-order valence-corrected chi connectivity index (χ4v) is 2.90. The number of fused-ring (bicyclic) bond motifs is 1. The van der Waals surface area contributed by atoms with Crippen molar-refractivity contribution in [3.05, 3.63) is 64.1 Å². The maximum absolute atomic E-state index is 13.9. The van der Waals surface area contributed by atoms with E-state index in [0.29, 0.717) is 35.2 Å². The van der Waals surface area contributed by atoms with Gasteiger partial charge in [0, 0.05) is 29.9 Å². The number of nitrogens with zero attached hydrogens (tertiary/aromatic N) is 1. The van der Waals surface area contributed by atoms with E-state index in [-0.39, 0.29) is 18.2 Å². The molecule has 3 nitrogen and oxygen atoms in total. The van der Waals surface area contributed by atoms with E-state index in [0.717, 1.165) is 11.1 Å². The maximum Gasteiger partial charge on any atom is 0.161 e. The first kappa shape index (κ1) is 18.4. The van der Waals surface area contributed by atoms with Crippen molar-refractivity contribution in [3.63, 3.8) is 0 Å². The Labute approximate surface area is 152 Å². The third-order valence-electron chi connectivity index (χ3n) is 3.91. The Hall–Kier alpha value is -1.91. The molecule has 0 saturated heterocycles. The van der Waals surface area contributed by atoms with E-state index in [9.17, 15) is 4.39 Å². The Morgan fingerprint density at radius 1 is 1.17 bits per heavy atom. The average molecular weight is 370 g/mol. The molecule has 0 N–H and O–H groups in total. The highest BCUT2D eigenvalue weighted by atomic mass is 35.5. The minimum Gasteiger partial charge on any atom is -0.493 e. The van der Waals surface area contributed by atoms with E-state index in [1.54, 1.807) is 26.4 Å². The average Bonchev–Trinajstić information content (AvgIpc) is 2.56. The molecule has 0 aliphatic carbocycles. The third-order valence-corrected chi connectivity index (χ3v) is 4.26. The van der Waals surface area contributed by atoms with Crippen LogP contribution in [0.1, 0.15) is 16.7 Å². The first-order valence-electron chi connectivity index (χ1n) is 7.22. The molecule has 0 atom stereocenters. The lowest BCUT2D eigenvalue weighted by atomic mass is 10.0. The van der Waals surface area contributed by atoms with Crippen molar-refractivity contribution in [1.29, 1.82) is 0 Å². The van der Waals surface area contributed by atoms with Gasteiger partial charge in [0.05, 0.1) is 14.2 Å². The summed E-state index contributed by atoms with van der Waals surface area (Å²) in [5.74, 6) is 1.09. The van der Waals surface area contributed by atoms with Crippen LogP contribution in [0.5, 0.6) is 11.5 Å². The van der Waals surface area contributed by atoms with Gasteiger partial charge in [0.2, 0.25) is 0 Å². The number of benzene rings is 2. The number of ether oxygens (including phenoxy) is 2. The Balaban J connectivity index is 0.00000208. The Morgan fingerprint density at radius 2 is 1.88 bits per heavy atom. The van der Waals surface area contributed by atoms with E-state index in [4.69, 9.17) is 21.1 Å². The molecule has 0 amide bonds. The maximum atomic E-state index is 13.9. The lowest BCUT2D eigenvalue weighted by Crippen LogP contribution is -2.20. The molecule has 3 rings (SSSR count). The smallest absolute Gasteiger partial charge is 0.161 e. The molecule has 24 heavy (non-hydrogen) atoms. The molecule has 1 heterocycles. The minimum absolute atomic E-state index is 0. The Kier molecular flexibility index (Phi) is 5.97. The molecule has 2 aromatic carbocycles. The number of methoxy groups -OCH3 is 2. The fraction of sp³-hybridized carbons (Fsp3) is 0.222. The molecule has 0 spiro atoms. The van der Waals surface area contributed by atoms with Crippen LogP contribution in [-0.2, 0) is 13.1 Å². The van der Waals surface area contributed by atoms with Crippen LogP contribution in [-0.4, -0.2) is 19.1 Å². The zero-order chi connectivity index (χ0) is 16.4. The van der Waals surface area contributed by atoms with Crippen molar-refractivity contribution in [3.8, 4) is 11.5 Å². The van der Waals surface area contributed by atoms with Crippen LogP contribution in [0.2, 0.25) is 5.02 Å². The van der Waals surface area contributed by atoms with Gasteiger partial charge in [-0.1, -0.05) is 17.7 Å². The summed E-state index contributed by atoms with van der Waals surface area (Å²) < 4.78 is 24.6. The lowest BCUT2D eigenvalue weighted by molar-refractivity contribution is 0.342. The van der Waals surface area contributed by atoms with Gasteiger partial charge in [0.25, 0.3) is 0 Å². The summed E-state index contributed by atoms with van der Waals surface area (Å²) in [4.78, 5) is 2.01. The van der Waals surface area contributed by atoms with Crippen LogP contribution in [0, 0.1) is 5.82 Å². The SMILES string of the molecule is COc1cc2c(cc1OC)CN(Cc1c(F)cccc1Cl)C=C2.Cl. The van der Waals surface area contributed by atoms with Gasteiger partial charge in [0.15, 0.2) is 11.5 Å². The molecule has 128 valence electrons. The van der Waals surface area contributed by atoms with Crippen molar-refractivity contribution in [2.45, 2.75) is 13.1 Å². The van der Waals surface area contributed by atoms with Crippen molar-refractivity contribution < 1.29 is 13.9 Å². The molecule has 1 aliphatic rings. The van der Waals surface area contributed by atoms with Crippen molar-refractivity contribution in [1.82, 2.24) is 4.90 Å². The molecule has 0 bridgehead atoms. The molecule has 6 heteroatoms. The topological polar surface area (TPSA) is 21.7 Å². The molecule has 0 radical (unpaired) electrons. The molecule has 1 aliphatic heterocycles. The Morgan fingerprint density at radius 3 is 2.54 bits per heavy atom. The van der Waals surface area contributed by atoms with Gasteiger partial charge in [0.1, 0.15) is 5.82 Å². The predicted molar refractivity (Wildman–Crippen MR) is 96.5 cm³/mol. The van der Waals surface area contributed by atoms with Gasteiger partial charge >= 0.3 is 0 Å². The summed E-state index contributed by atoms with van der Waals surface area (Å²) in [6, 6.07) is 8.64. The summed E-state index contributed by atoms with van der Waals surface area (Å²) in [7, 11) is 3.23. The van der Waals surface area contributed by atoms with Gasteiger partial charge in [-0.25, -0.2) is 4.39 Å². The highest BCUT2D eigenvalue weighted by molar-refractivity contribution is 6.31. The highest BCUT2D eigenvalue weighted by Crippen LogP contribution is 2.34. The molecular formula is C18H18Cl2FNO2. The van der Waals surface area contributed by atoms with Gasteiger partial charge in [-0.2, -0.15) is 0 Å². The van der Waals surface area contributed by atoms with E-state index in [1.807, 2.05) is 29.3 Å². The molecule has 0 saturated carbocycles. The van der Waals surface area contributed by atoms with Crippen LogP contribution in [0.25, 0.3) is 6.08 Å².